The van der Waals surface area contributed by atoms with Gasteiger partial charge in [-0.25, -0.2) is 9.13 Å². The molecule has 6 heteroatoms. The van der Waals surface area contributed by atoms with Gasteiger partial charge in [-0.3, -0.25) is 4.55 Å². The monoisotopic (exact) mass is 261 g/mol. The average Bonchev–Trinajstić information content (AvgIpc) is 2.58. The minimum Gasteiger partial charge on any atom is -0.286 e. The van der Waals surface area contributed by atoms with Crippen LogP contribution >= 0.6 is 0 Å². The molecule has 1 heterocycles. The Morgan fingerprint density at radius 3 is 2.65 bits per heavy atom. The highest BCUT2D eigenvalue weighted by Gasteiger charge is 2.07. The molecule has 0 radical (unpaired) electrons. The molecule has 0 spiro atoms. The summed E-state index contributed by atoms with van der Waals surface area (Å²) in [4.78, 5) is 0. The van der Waals surface area contributed by atoms with E-state index in [-0.39, 0.29) is 5.75 Å². The number of imidazole rings is 1. The predicted octanol–water partition coefficient (Wildman–Crippen LogP) is 1.10. The van der Waals surface area contributed by atoms with E-state index < -0.39 is 10.1 Å². The molecule has 5 nitrogen and oxygen atoms in total. The topological polar surface area (TPSA) is 63.2 Å². The number of unbranched alkanes of at least 4 members (excludes halogenated alkanes) is 1. The summed E-state index contributed by atoms with van der Waals surface area (Å²) in [5.41, 5.74) is 0. The number of aryl methyl sites for hydroxylation is 1. The summed E-state index contributed by atoms with van der Waals surface area (Å²) >= 11 is 0. The maximum Gasteiger partial charge on any atom is 0.264 e. The summed E-state index contributed by atoms with van der Waals surface area (Å²) < 4.78 is 33.8. The van der Waals surface area contributed by atoms with Crippen LogP contribution in [0.1, 0.15) is 26.7 Å². The second kappa shape index (κ2) is 6.16. The van der Waals surface area contributed by atoms with Gasteiger partial charge in [-0.15, -0.1) is 0 Å². The smallest absolute Gasteiger partial charge is 0.264 e. The predicted molar refractivity (Wildman–Crippen MR) is 65.1 cm³/mol. The lowest BCUT2D eigenvalue weighted by atomic mass is 10.2. The second-order valence-corrected chi connectivity index (χ2v) is 6.31. The van der Waals surface area contributed by atoms with Crippen molar-refractivity contribution in [2.24, 2.45) is 5.92 Å². The van der Waals surface area contributed by atoms with Crippen LogP contribution in [0.15, 0.2) is 18.7 Å². The molecule has 17 heavy (non-hydrogen) atoms. The van der Waals surface area contributed by atoms with Crippen LogP contribution in [-0.4, -0.2) is 23.3 Å². The minimum atomic E-state index is -3.80. The van der Waals surface area contributed by atoms with E-state index in [1.807, 2.05) is 23.3 Å². The molecule has 0 aliphatic rings. The van der Waals surface area contributed by atoms with Crippen molar-refractivity contribution in [1.29, 1.82) is 0 Å². The molecule has 1 rings (SSSR count). The first kappa shape index (κ1) is 14.2. The van der Waals surface area contributed by atoms with Crippen LogP contribution in [0.5, 0.6) is 0 Å². The normalized spacial score (nSPS) is 12.2. The Bertz CT molecular complexity index is 437. The van der Waals surface area contributed by atoms with E-state index in [9.17, 15) is 8.42 Å². The molecule has 0 aliphatic heterocycles. The Balaban J connectivity index is 2.30. The number of rotatable bonds is 7. The molecule has 0 atom stereocenters. The fourth-order valence-corrected chi connectivity index (χ4v) is 2.25. The molecule has 1 aromatic heterocycles. The summed E-state index contributed by atoms with van der Waals surface area (Å²) in [6.45, 7) is 6.09. The number of nitrogens with zero attached hydrogens (tertiary/aromatic N) is 2. The molecule has 98 valence electrons. The van der Waals surface area contributed by atoms with Gasteiger partial charge in [-0.2, -0.15) is 8.42 Å². The summed E-state index contributed by atoms with van der Waals surface area (Å²) in [7, 11) is -3.80. The molecule has 0 aromatic carbocycles. The Kier molecular flexibility index (Phi) is 5.14. The van der Waals surface area contributed by atoms with Crippen LogP contribution < -0.4 is 4.57 Å². The quantitative estimate of drug-likeness (QED) is 0.454. The van der Waals surface area contributed by atoms with E-state index >= 15 is 0 Å². The second-order valence-electron chi connectivity index (χ2n) is 4.74. The fourth-order valence-electron chi connectivity index (χ4n) is 1.68. The number of aromatic nitrogens is 2. The molecule has 0 bridgehead atoms. The highest BCUT2D eigenvalue weighted by Crippen LogP contribution is 1.98. The molecule has 0 saturated heterocycles. The van der Waals surface area contributed by atoms with Crippen LogP contribution in [0.25, 0.3) is 0 Å². The third-order valence-electron chi connectivity index (χ3n) is 2.39. The Morgan fingerprint density at radius 1 is 1.35 bits per heavy atom. The summed E-state index contributed by atoms with van der Waals surface area (Å²) in [6, 6.07) is 0. The highest BCUT2D eigenvalue weighted by molar-refractivity contribution is 7.85. The lowest BCUT2D eigenvalue weighted by Crippen LogP contribution is -2.33. The van der Waals surface area contributed by atoms with Gasteiger partial charge in [0, 0.05) is 0 Å². The van der Waals surface area contributed by atoms with E-state index in [4.69, 9.17) is 4.55 Å². The highest BCUT2D eigenvalue weighted by atomic mass is 32.2. The zero-order chi connectivity index (χ0) is 12.9. The molecular formula is C11H21N2O3S+. The Hall–Kier alpha value is -0.880. The largest absolute Gasteiger partial charge is 0.286 e. The van der Waals surface area contributed by atoms with Crippen LogP contribution in [0, 0.1) is 5.92 Å². The van der Waals surface area contributed by atoms with Crippen molar-refractivity contribution in [3.05, 3.63) is 18.7 Å². The van der Waals surface area contributed by atoms with Crippen molar-refractivity contribution in [2.45, 2.75) is 39.8 Å². The summed E-state index contributed by atoms with van der Waals surface area (Å²) in [6.07, 6.45) is 7.25. The third kappa shape index (κ3) is 6.43. The van der Waals surface area contributed by atoms with Crippen molar-refractivity contribution >= 4 is 10.1 Å². The van der Waals surface area contributed by atoms with E-state index in [1.54, 1.807) is 0 Å². The Labute approximate surface area is 103 Å². The van der Waals surface area contributed by atoms with Crippen molar-refractivity contribution in [2.75, 3.05) is 5.75 Å². The fraction of sp³-hybridized carbons (Fsp3) is 0.727. The molecule has 1 N–H and O–H groups in total. The lowest BCUT2D eigenvalue weighted by molar-refractivity contribution is -0.701. The summed E-state index contributed by atoms with van der Waals surface area (Å²) in [5, 5.41) is 0. The van der Waals surface area contributed by atoms with Gasteiger partial charge >= 0.3 is 0 Å². The maximum atomic E-state index is 10.5. The standard InChI is InChI=1S/C11H20N2O3S/c1-11(2)9-13-7-6-12(10-13)5-3-4-8-17(14,15)16/h6-7,10-11H,3-5,8-9H2,1-2H3/p+1. The van der Waals surface area contributed by atoms with Gasteiger partial charge in [0.1, 0.15) is 12.4 Å². The third-order valence-corrected chi connectivity index (χ3v) is 3.20. The van der Waals surface area contributed by atoms with E-state index in [0.717, 1.165) is 19.5 Å². The molecule has 0 aliphatic carbocycles. The molecule has 0 unspecified atom stereocenters. The summed E-state index contributed by atoms with van der Waals surface area (Å²) in [5.74, 6) is 0.454. The van der Waals surface area contributed by atoms with Gasteiger partial charge in [0.2, 0.25) is 6.33 Å². The van der Waals surface area contributed by atoms with Gasteiger partial charge < -0.3 is 0 Å². The molecule has 0 fully saturated rings. The van der Waals surface area contributed by atoms with Crippen LogP contribution in [0.2, 0.25) is 0 Å². The van der Waals surface area contributed by atoms with Crippen LogP contribution in [0.4, 0.5) is 0 Å². The van der Waals surface area contributed by atoms with Crippen molar-refractivity contribution in [3.63, 3.8) is 0 Å². The molecule has 0 amide bonds. The Morgan fingerprint density at radius 2 is 2.06 bits per heavy atom. The molecule has 0 saturated carbocycles. The van der Waals surface area contributed by atoms with Gasteiger partial charge in [-0.05, 0) is 18.8 Å². The van der Waals surface area contributed by atoms with Crippen molar-refractivity contribution in [1.82, 2.24) is 4.57 Å². The number of hydrogen-bond acceptors (Lipinski definition) is 2. The SMILES string of the molecule is CC(C)C[n+]1ccn(CCCCS(=O)(=O)O)c1. The number of hydrogen-bond donors (Lipinski definition) is 1. The van der Waals surface area contributed by atoms with Crippen LogP contribution in [0.3, 0.4) is 0 Å². The average molecular weight is 261 g/mol. The van der Waals surface area contributed by atoms with Gasteiger partial charge in [0.15, 0.2) is 0 Å². The van der Waals surface area contributed by atoms with Gasteiger partial charge in [-0.1, -0.05) is 13.8 Å². The van der Waals surface area contributed by atoms with E-state index in [2.05, 4.69) is 18.4 Å². The van der Waals surface area contributed by atoms with Gasteiger partial charge in [0.25, 0.3) is 10.1 Å². The van der Waals surface area contributed by atoms with Crippen molar-refractivity contribution in [3.8, 4) is 0 Å². The van der Waals surface area contributed by atoms with Crippen LogP contribution in [-0.2, 0) is 23.2 Å². The zero-order valence-corrected chi connectivity index (χ0v) is 11.2. The molecular weight excluding hydrogens is 240 g/mol. The van der Waals surface area contributed by atoms with E-state index in [1.165, 1.54) is 0 Å². The first-order valence-electron chi connectivity index (χ1n) is 5.87. The van der Waals surface area contributed by atoms with Gasteiger partial charge in [0.05, 0.1) is 18.8 Å². The minimum absolute atomic E-state index is 0.153. The van der Waals surface area contributed by atoms with Crippen molar-refractivity contribution < 1.29 is 17.5 Å². The maximum absolute atomic E-state index is 10.5. The van der Waals surface area contributed by atoms with E-state index in [0.29, 0.717) is 12.3 Å². The first-order valence-corrected chi connectivity index (χ1v) is 7.48. The first-order chi connectivity index (χ1) is 7.87. The molecule has 1 aromatic rings. The zero-order valence-electron chi connectivity index (χ0n) is 10.4. The lowest BCUT2D eigenvalue weighted by Gasteiger charge is -1.99.